The Morgan fingerprint density at radius 1 is 1.26 bits per heavy atom. The van der Waals surface area contributed by atoms with E-state index >= 15 is 0 Å². The summed E-state index contributed by atoms with van der Waals surface area (Å²) in [5.41, 5.74) is 11.0. The summed E-state index contributed by atoms with van der Waals surface area (Å²) < 4.78 is 27.0. The standard InChI is InChI=1S/C12H17N3O3S/c13-10-7-8(12(14)16)5-6-11(10)19(17,18)15-9-3-1-2-4-9/h5-7,9,15H,1-4,13H2,(H2,14,16). The number of nitrogens with two attached hydrogens (primary N) is 2. The van der Waals surface area contributed by atoms with Gasteiger partial charge in [0.1, 0.15) is 4.90 Å². The molecule has 1 fully saturated rings. The Kier molecular flexibility index (Phi) is 3.77. The molecule has 0 aromatic heterocycles. The van der Waals surface area contributed by atoms with Gasteiger partial charge in [-0.15, -0.1) is 0 Å². The maximum atomic E-state index is 12.2. The number of benzene rings is 1. The molecule has 2 rings (SSSR count). The summed E-state index contributed by atoms with van der Waals surface area (Å²) >= 11 is 0. The lowest BCUT2D eigenvalue weighted by Gasteiger charge is -2.14. The summed E-state index contributed by atoms with van der Waals surface area (Å²) in [6.07, 6.45) is 3.75. The zero-order valence-electron chi connectivity index (χ0n) is 10.4. The summed E-state index contributed by atoms with van der Waals surface area (Å²) in [7, 11) is -3.64. The van der Waals surface area contributed by atoms with Crippen LogP contribution in [-0.4, -0.2) is 20.4 Å². The van der Waals surface area contributed by atoms with Crippen LogP contribution in [0.5, 0.6) is 0 Å². The molecule has 0 spiro atoms. The number of primary amides is 1. The van der Waals surface area contributed by atoms with Crippen molar-refractivity contribution in [3.8, 4) is 0 Å². The molecule has 1 aliphatic carbocycles. The molecule has 1 amide bonds. The minimum Gasteiger partial charge on any atom is -0.398 e. The quantitative estimate of drug-likeness (QED) is 0.701. The first kappa shape index (κ1) is 13.8. The molecule has 0 unspecified atom stereocenters. The summed E-state index contributed by atoms with van der Waals surface area (Å²) in [6.45, 7) is 0. The molecule has 0 aliphatic heterocycles. The Hall–Kier alpha value is -1.60. The molecule has 0 saturated heterocycles. The third kappa shape index (κ3) is 3.05. The number of nitrogen functional groups attached to an aromatic ring is 1. The molecule has 6 nitrogen and oxygen atoms in total. The number of rotatable bonds is 4. The van der Waals surface area contributed by atoms with Crippen molar-refractivity contribution < 1.29 is 13.2 Å². The van der Waals surface area contributed by atoms with Crippen LogP contribution in [0.1, 0.15) is 36.0 Å². The highest BCUT2D eigenvalue weighted by Crippen LogP contribution is 2.23. The normalized spacial score (nSPS) is 16.6. The van der Waals surface area contributed by atoms with E-state index in [1.807, 2.05) is 0 Å². The second-order valence-electron chi connectivity index (χ2n) is 4.72. The predicted molar refractivity (Wildman–Crippen MR) is 71.9 cm³/mol. The van der Waals surface area contributed by atoms with Gasteiger partial charge in [0.25, 0.3) is 0 Å². The lowest BCUT2D eigenvalue weighted by molar-refractivity contribution is 0.1000. The van der Waals surface area contributed by atoms with Crippen molar-refractivity contribution in [1.29, 1.82) is 0 Å². The van der Waals surface area contributed by atoms with Crippen molar-refractivity contribution in [1.82, 2.24) is 4.72 Å². The number of hydrogen-bond acceptors (Lipinski definition) is 4. The van der Waals surface area contributed by atoms with Crippen LogP contribution in [0.25, 0.3) is 0 Å². The molecule has 1 saturated carbocycles. The minimum absolute atomic E-state index is 0.00981. The van der Waals surface area contributed by atoms with Crippen molar-refractivity contribution in [3.63, 3.8) is 0 Å². The van der Waals surface area contributed by atoms with E-state index < -0.39 is 15.9 Å². The highest BCUT2D eigenvalue weighted by Gasteiger charge is 2.24. The largest absolute Gasteiger partial charge is 0.398 e. The van der Waals surface area contributed by atoms with E-state index in [2.05, 4.69) is 4.72 Å². The van der Waals surface area contributed by atoms with Crippen molar-refractivity contribution >= 4 is 21.6 Å². The van der Waals surface area contributed by atoms with E-state index in [1.54, 1.807) is 0 Å². The van der Waals surface area contributed by atoms with Crippen LogP contribution in [0.4, 0.5) is 5.69 Å². The Morgan fingerprint density at radius 2 is 1.89 bits per heavy atom. The summed E-state index contributed by atoms with van der Waals surface area (Å²) in [5, 5.41) is 0. The Bertz CT molecular complexity index is 592. The molecule has 0 bridgehead atoms. The molecule has 1 aliphatic rings. The van der Waals surface area contributed by atoms with E-state index in [9.17, 15) is 13.2 Å². The van der Waals surface area contributed by atoms with Crippen LogP contribution >= 0.6 is 0 Å². The van der Waals surface area contributed by atoms with Gasteiger partial charge in [0.05, 0.1) is 5.69 Å². The monoisotopic (exact) mass is 283 g/mol. The van der Waals surface area contributed by atoms with Crippen LogP contribution in [0.2, 0.25) is 0 Å². The van der Waals surface area contributed by atoms with E-state index in [1.165, 1.54) is 18.2 Å². The van der Waals surface area contributed by atoms with E-state index in [-0.39, 0.29) is 22.2 Å². The van der Waals surface area contributed by atoms with Gasteiger partial charge in [-0.2, -0.15) is 0 Å². The minimum atomic E-state index is -3.64. The number of nitrogens with one attached hydrogen (secondary N) is 1. The van der Waals surface area contributed by atoms with E-state index in [0.29, 0.717) is 0 Å². The van der Waals surface area contributed by atoms with Crippen LogP contribution in [0.15, 0.2) is 23.1 Å². The van der Waals surface area contributed by atoms with Crippen molar-refractivity contribution in [3.05, 3.63) is 23.8 Å². The molecule has 7 heteroatoms. The van der Waals surface area contributed by atoms with Gasteiger partial charge in [-0.3, -0.25) is 4.79 Å². The van der Waals surface area contributed by atoms with Gasteiger partial charge >= 0.3 is 0 Å². The van der Waals surface area contributed by atoms with Crippen LogP contribution in [0, 0.1) is 0 Å². The lowest BCUT2D eigenvalue weighted by atomic mass is 10.2. The first-order valence-electron chi connectivity index (χ1n) is 6.12. The highest BCUT2D eigenvalue weighted by atomic mass is 32.2. The molecular weight excluding hydrogens is 266 g/mol. The maximum absolute atomic E-state index is 12.2. The van der Waals surface area contributed by atoms with Gasteiger partial charge in [-0.25, -0.2) is 13.1 Å². The molecule has 0 radical (unpaired) electrons. The van der Waals surface area contributed by atoms with Crippen molar-refractivity contribution in [2.24, 2.45) is 5.73 Å². The fourth-order valence-corrected chi connectivity index (χ4v) is 3.69. The Balaban J connectivity index is 2.27. The average Bonchev–Trinajstić information content (AvgIpc) is 2.80. The third-order valence-electron chi connectivity index (χ3n) is 3.26. The fraction of sp³-hybridized carbons (Fsp3) is 0.417. The maximum Gasteiger partial charge on any atom is 0.248 e. The zero-order chi connectivity index (χ0) is 14.0. The average molecular weight is 283 g/mol. The number of amides is 1. The molecular formula is C12H17N3O3S. The van der Waals surface area contributed by atoms with E-state index in [4.69, 9.17) is 11.5 Å². The Morgan fingerprint density at radius 3 is 2.42 bits per heavy atom. The van der Waals surface area contributed by atoms with Gasteiger partial charge in [0.2, 0.25) is 15.9 Å². The van der Waals surface area contributed by atoms with Crippen LogP contribution < -0.4 is 16.2 Å². The summed E-state index contributed by atoms with van der Waals surface area (Å²) in [5.74, 6) is -0.639. The number of sulfonamides is 1. The predicted octanol–water partition coefficient (Wildman–Crippen LogP) is 0.589. The smallest absolute Gasteiger partial charge is 0.248 e. The second-order valence-corrected chi connectivity index (χ2v) is 6.40. The topological polar surface area (TPSA) is 115 Å². The second kappa shape index (κ2) is 5.18. The van der Waals surface area contributed by atoms with Crippen molar-refractivity contribution in [2.75, 3.05) is 5.73 Å². The van der Waals surface area contributed by atoms with Gasteiger partial charge in [0, 0.05) is 11.6 Å². The molecule has 5 N–H and O–H groups in total. The molecule has 104 valence electrons. The van der Waals surface area contributed by atoms with Gasteiger partial charge in [0.15, 0.2) is 0 Å². The SMILES string of the molecule is NC(=O)c1ccc(S(=O)(=O)NC2CCCC2)c(N)c1. The number of carbonyl (C=O) groups is 1. The van der Waals surface area contributed by atoms with E-state index in [0.717, 1.165) is 25.7 Å². The molecule has 19 heavy (non-hydrogen) atoms. The number of carbonyl (C=O) groups excluding carboxylic acids is 1. The first-order valence-corrected chi connectivity index (χ1v) is 7.60. The van der Waals surface area contributed by atoms with Crippen molar-refractivity contribution in [2.45, 2.75) is 36.6 Å². The van der Waals surface area contributed by atoms with Crippen LogP contribution in [-0.2, 0) is 10.0 Å². The van der Waals surface area contributed by atoms with Gasteiger partial charge in [-0.05, 0) is 31.0 Å². The zero-order valence-corrected chi connectivity index (χ0v) is 11.2. The lowest BCUT2D eigenvalue weighted by Crippen LogP contribution is -2.33. The summed E-state index contributed by atoms with van der Waals surface area (Å²) in [6, 6.07) is 3.93. The number of anilines is 1. The molecule has 0 atom stereocenters. The molecule has 1 aromatic rings. The summed E-state index contributed by atoms with van der Waals surface area (Å²) in [4.78, 5) is 11.0. The third-order valence-corrected chi connectivity index (χ3v) is 4.86. The van der Waals surface area contributed by atoms with Gasteiger partial charge < -0.3 is 11.5 Å². The highest BCUT2D eigenvalue weighted by molar-refractivity contribution is 7.89. The molecule has 1 aromatic carbocycles. The molecule has 0 heterocycles. The Labute approximate surface area is 112 Å². The first-order chi connectivity index (χ1) is 8.90. The number of hydrogen-bond donors (Lipinski definition) is 3. The van der Waals surface area contributed by atoms with Gasteiger partial charge in [-0.1, -0.05) is 12.8 Å². The van der Waals surface area contributed by atoms with Crippen LogP contribution in [0.3, 0.4) is 0 Å². The fourth-order valence-electron chi connectivity index (χ4n) is 2.27.